The fraction of sp³-hybridized carbons (Fsp3) is 0.211. The summed E-state index contributed by atoms with van der Waals surface area (Å²) in [7, 11) is 0. The van der Waals surface area contributed by atoms with Gasteiger partial charge in [0.2, 0.25) is 11.8 Å². The van der Waals surface area contributed by atoms with E-state index in [2.05, 4.69) is 0 Å². The predicted octanol–water partition coefficient (Wildman–Crippen LogP) is 2.83. The Morgan fingerprint density at radius 1 is 1.00 bits per heavy atom. The first-order valence-corrected chi connectivity index (χ1v) is 7.87. The Hall–Kier alpha value is -3.02. The number of benzene rings is 2. The lowest BCUT2D eigenvalue weighted by molar-refractivity contribution is -0.139. The molecule has 1 heterocycles. The molecule has 0 unspecified atom stereocenters. The minimum Gasteiger partial charge on any atom is -0.457 e. The molecular formula is C19H16FNO4. The highest BCUT2D eigenvalue weighted by Crippen LogP contribution is 2.17. The predicted molar refractivity (Wildman–Crippen MR) is 86.8 cm³/mol. The average Bonchev–Trinajstić information content (AvgIpc) is 2.93. The smallest absolute Gasteiger partial charge is 0.338 e. The Labute approximate surface area is 144 Å². The molecule has 0 bridgehead atoms. The van der Waals surface area contributed by atoms with Gasteiger partial charge in [-0.15, -0.1) is 0 Å². The molecule has 0 spiro atoms. The van der Waals surface area contributed by atoms with Crippen LogP contribution >= 0.6 is 0 Å². The van der Waals surface area contributed by atoms with E-state index in [4.69, 9.17) is 4.74 Å². The molecule has 0 radical (unpaired) electrons. The number of amides is 2. The third-order valence-electron chi connectivity index (χ3n) is 4.00. The first kappa shape index (κ1) is 16.8. The lowest BCUT2D eigenvalue weighted by Crippen LogP contribution is -2.28. The Morgan fingerprint density at radius 2 is 1.64 bits per heavy atom. The fourth-order valence-electron chi connectivity index (χ4n) is 2.57. The van der Waals surface area contributed by atoms with Crippen LogP contribution in [0.15, 0.2) is 48.5 Å². The zero-order chi connectivity index (χ0) is 17.8. The number of esters is 1. The number of rotatable bonds is 5. The van der Waals surface area contributed by atoms with Crippen molar-refractivity contribution in [1.82, 2.24) is 4.90 Å². The molecule has 0 aliphatic carbocycles. The van der Waals surface area contributed by atoms with Crippen molar-refractivity contribution in [1.29, 1.82) is 0 Å². The third kappa shape index (κ3) is 3.91. The van der Waals surface area contributed by atoms with Gasteiger partial charge in [-0.25, -0.2) is 9.18 Å². The molecule has 0 atom stereocenters. The van der Waals surface area contributed by atoms with Crippen molar-refractivity contribution >= 4 is 17.8 Å². The minimum atomic E-state index is -0.567. The van der Waals surface area contributed by atoms with Crippen LogP contribution in [0.5, 0.6) is 0 Å². The number of likely N-dealkylation sites (tertiary alicyclic amines) is 1. The molecule has 0 aromatic heterocycles. The Kier molecular flexibility index (Phi) is 4.88. The summed E-state index contributed by atoms with van der Waals surface area (Å²) in [5.74, 6) is -1.36. The number of hydrogen-bond donors (Lipinski definition) is 0. The largest absolute Gasteiger partial charge is 0.457 e. The second kappa shape index (κ2) is 7.25. The van der Waals surface area contributed by atoms with Crippen LogP contribution in [0, 0.1) is 5.82 Å². The van der Waals surface area contributed by atoms with E-state index in [0.29, 0.717) is 11.1 Å². The van der Waals surface area contributed by atoms with Crippen LogP contribution in [-0.4, -0.2) is 22.7 Å². The highest BCUT2D eigenvalue weighted by molar-refractivity contribution is 6.01. The van der Waals surface area contributed by atoms with Crippen molar-refractivity contribution in [3.8, 4) is 0 Å². The average molecular weight is 341 g/mol. The molecule has 1 aliphatic heterocycles. The van der Waals surface area contributed by atoms with Crippen LogP contribution in [0.3, 0.4) is 0 Å². The summed E-state index contributed by atoms with van der Waals surface area (Å²) < 4.78 is 18.6. The maximum atomic E-state index is 13.5. The fourth-order valence-corrected chi connectivity index (χ4v) is 2.57. The second-order valence-electron chi connectivity index (χ2n) is 5.74. The molecule has 1 aliphatic rings. The van der Waals surface area contributed by atoms with Gasteiger partial charge in [0.15, 0.2) is 0 Å². The van der Waals surface area contributed by atoms with E-state index < -0.39 is 11.8 Å². The molecule has 25 heavy (non-hydrogen) atoms. The molecule has 0 saturated carbocycles. The Morgan fingerprint density at radius 3 is 2.28 bits per heavy atom. The lowest BCUT2D eigenvalue weighted by Gasteiger charge is -2.13. The molecule has 2 amide bonds. The summed E-state index contributed by atoms with van der Waals surface area (Å²) in [5, 5.41) is 0. The van der Waals surface area contributed by atoms with Crippen LogP contribution in [0.25, 0.3) is 0 Å². The summed E-state index contributed by atoms with van der Waals surface area (Å²) in [6.07, 6.45) is 0.499. The van der Waals surface area contributed by atoms with Crippen molar-refractivity contribution in [2.24, 2.45) is 0 Å². The number of carbonyl (C=O) groups excluding carboxylic acids is 3. The normalized spacial score (nSPS) is 14.0. The highest BCUT2D eigenvalue weighted by Gasteiger charge is 2.28. The summed E-state index contributed by atoms with van der Waals surface area (Å²) in [6.45, 7) is 0.0479. The van der Waals surface area contributed by atoms with Crippen LogP contribution in [0.4, 0.5) is 4.39 Å². The summed E-state index contributed by atoms with van der Waals surface area (Å²) in [4.78, 5) is 36.5. The van der Waals surface area contributed by atoms with Gasteiger partial charge in [0, 0.05) is 18.4 Å². The van der Waals surface area contributed by atoms with Gasteiger partial charge >= 0.3 is 5.97 Å². The summed E-state index contributed by atoms with van der Waals surface area (Å²) >= 11 is 0. The SMILES string of the molecule is O=C(OCc1ccccc1F)c1ccc(CN2C(=O)CCC2=O)cc1. The zero-order valence-electron chi connectivity index (χ0n) is 13.4. The van der Waals surface area contributed by atoms with Gasteiger partial charge in [0.25, 0.3) is 0 Å². The topological polar surface area (TPSA) is 63.7 Å². The van der Waals surface area contributed by atoms with Crippen molar-refractivity contribution < 1.29 is 23.5 Å². The standard InChI is InChI=1S/C19H16FNO4/c20-16-4-2-1-3-15(16)12-25-19(24)14-7-5-13(6-8-14)11-21-17(22)9-10-18(21)23/h1-8H,9-12H2. The molecule has 2 aromatic carbocycles. The van der Waals surface area contributed by atoms with Gasteiger partial charge in [-0.1, -0.05) is 30.3 Å². The van der Waals surface area contributed by atoms with Gasteiger partial charge in [-0.05, 0) is 23.8 Å². The number of carbonyl (C=O) groups is 3. The van der Waals surface area contributed by atoms with E-state index >= 15 is 0 Å². The summed E-state index contributed by atoms with van der Waals surface area (Å²) in [5.41, 5.74) is 1.37. The Bertz CT molecular complexity index is 800. The van der Waals surface area contributed by atoms with Crippen LogP contribution in [0.2, 0.25) is 0 Å². The molecule has 1 saturated heterocycles. The highest BCUT2D eigenvalue weighted by atomic mass is 19.1. The van der Waals surface area contributed by atoms with Crippen LogP contribution in [0.1, 0.15) is 34.3 Å². The first-order valence-electron chi connectivity index (χ1n) is 7.87. The van der Waals surface area contributed by atoms with Crippen molar-refractivity contribution in [3.63, 3.8) is 0 Å². The molecule has 1 fully saturated rings. The van der Waals surface area contributed by atoms with Gasteiger partial charge in [0.1, 0.15) is 12.4 Å². The molecule has 0 N–H and O–H groups in total. The maximum absolute atomic E-state index is 13.5. The second-order valence-corrected chi connectivity index (χ2v) is 5.74. The molecule has 2 aromatic rings. The van der Waals surface area contributed by atoms with Crippen molar-refractivity contribution in [2.45, 2.75) is 26.0 Å². The van der Waals surface area contributed by atoms with Crippen molar-refractivity contribution in [3.05, 3.63) is 71.0 Å². The first-order chi connectivity index (χ1) is 12.0. The molecule has 6 heteroatoms. The molecule has 128 valence electrons. The minimum absolute atomic E-state index is 0.149. The van der Waals surface area contributed by atoms with E-state index in [-0.39, 0.29) is 37.8 Å². The third-order valence-corrected chi connectivity index (χ3v) is 4.00. The molecule has 3 rings (SSSR count). The monoisotopic (exact) mass is 341 g/mol. The van der Waals surface area contributed by atoms with Gasteiger partial charge in [-0.3, -0.25) is 14.5 Å². The van der Waals surface area contributed by atoms with Crippen LogP contribution < -0.4 is 0 Å². The number of hydrogen-bond acceptors (Lipinski definition) is 4. The maximum Gasteiger partial charge on any atom is 0.338 e. The van der Waals surface area contributed by atoms with E-state index in [0.717, 1.165) is 5.56 Å². The van der Waals surface area contributed by atoms with Gasteiger partial charge in [0.05, 0.1) is 12.1 Å². The van der Waals surface area contributed by atoms with E-state index in [1.807, 2.05) is 0 Å². The number of ether oxygens (including phenoxy) is 1. The van der Waals surface area contributed by atoms with Crippen molar-refractivity contribution in [2.75, 3.05) is 0 Å². The number of halogens is 1. The van der Waals surface area contributed by atoms with Gasteiger partial charge in [-0.2, -0.15) is 0 Å². The molecule has 5 nitrogen and oxygen atoms in total. The lowest BCUT2D eigenvalue weighted by atomic mass is 10.1. The molecular weight excluding hydrogens is 325 g/mol. The number of nitrogens with zero attached hydrogens (tertiary/aromatic N) is 1. The van der Waals surface area contributed by atoms with E-state index in [1.165, 1.54) is 11.0 Å². The van der Waals surface area contributed by atoms with Crippen LogP contribution in [-0.2, 0) is 27.5 Å². The quantitative estimate of drug-likeness (QED) is 0.620. The Balaban J connectivity index is 1.60. The number of imide groups is 1. The zero-order valence-corrected chi connectivity index (χ0v) is 13.4. The van der Waals surface area contributed by atoms with Gasteiger partial charge < -0.3 is 4.74 Å². The van der Waals surface area contributed by atoms with E-state index in [1.54, 1.807) is 42.5 Å². The summed E-state index contributed by atoms with van der Waals surface area (Å²) in [6, 6.07) is 12.5. The van der Waals surface area contributed by atoms with E-state index in [9.17, 15) is 18.8 Å².